The van der Waals surface area contributed by atoms with Crippen LogP contribution in [0.15, 0.2) is 35.9 Å². The molecule has 6 nitrogen and oxygen atoms in total. The molecule has 4 fully saturated rings. The van der Waals surface area contributed by atoms with Crippen LogP contribution in [0.2, 0.25) is 0 Å². The Morgan fingerprint density at radius 2 is 1.62 bits per heavy atom. The fourth-order valence-corrected chi connectivity index (χ4v) is 12.0. The van der Waals surface area contributed by atoms with Crippen LogP contribution in [0.5, 0.6) is 11.5 Å². The summed E-state index contributed by atoms with van der Waals surface area (Å²) in [5.41, 5.74) is 1.43. The van der Waals surface area contributed by atoms with Gasteiger partial charge < -0.3 is 20.1 Å². The van der Waals surface area contributed by atoms with Crippen molar-refractivity contribution in [1.82, 2.24) is 0 Å². The van der Waals surface area contributed by atoms with Gasteiger partial charge >= 0.3 is 11.9 Å². The summed E-state index contributed by atoms with van der Waals surface area (Å²) in [5.74, 6) is 0.524. The van der Waals surface area contributed by atoms with E-state index < -0.39 is 11.4 Å². The molecule has 0 bridgehead atoms. The first-order valence-corrected chi connectivity index (χ1v) is 17.4. The summed E-state index contributed by atoms with van der Waals surface area (Å²) in [6.07, 6.45) is 13.9. The maximum absolute atomic E-state index is 13.0. The van der Waals surface area contributed by atoms with Gasteiger partial charge in [0, 0.05) is 11.5 Å². The Bertz CT molecular complexity index is 1440. The first kappa shape index (κ1) is 32.2. The number of rotatable bonds is 4. The SMILES string of the molecule is C[C@H]1[C@H](C)CC[C@]2(C(=O)O)CC[C@]3(C)C(=CC[C@@H]4[C@@]5(C)CC[C@@H](OC(=O)/C=C/c6ccc(O)c(O)c6)C(C)(C)[C@@H]5CC[C@]43C)[C@H]12. The molecule has 10 atom stereocenters. The standard InChI is InChI=1S/C39H54O6/c1-23-14-19-39(34(43)44)21-20-37(6)26(33(39)24(23)2)10-12-30-36(5)17-16-31(35(3,4)29(36)15-18-38(30,37)7)45-32(42)13-9-25-8-11-27(40)28(41)22-25/h8-11,13,22-24,29-31,33,40-41H,12,14-21H2,1-7H3,(H,43,44)/b13-9+/t23-,24+,29+,30-,31-,33+,36+,37-,38-,39+/m1/s1. The third kappa shape index (κ3) is 4.54. The van der Waals surface area contributed by atoms with Gasteiger partial charge in [0.25, 0.3) is 0 Å². The first-order chi connectivity index (χ1) is 21.0. The Morgan fingerprint density at radius 3 is 2.31 bits per heavy atom. The molecule has 0 saturated heterocycles. The topological polar surface area (TPSA) is 104 Å². The summed E-state index contributed by atoms with van der Waals surface area (Å²) >= 11 is 0. The van der Waals surface area contributed by atoms with Crippen LogP contribution >= 0.6 is 0 Å². The van der Waals surface area contributed by atoms with Gasteiger partial charge in [0.05, 0.1) is 5.41 Å². The van der Waals surface area contributed by atoms with Crippen LogP contribution in [-0.4, -0.2) is 33.4 Å². The highest BCUT2D eigenvalue weighted by molar-refractivity contribution is 5.87. The molecule has 0 amide bonds. The molecule has 45 heavy (non-hydrogen) atoms. The van der Waals surface area contributed by atoms with E-state index in [2.05, 4.69) is 54.5 Å². The lowest BCUT2D eigenvalue weighted by Gasteiger charge is -2.71. The van der Waals surface area contributed by atoms with E-state index in [0.717, 1.165) is 57.8 Å². The minimum atomic E-state index is -0.622. The van der Waals surface area contributed by atoms with E-state index in [0.29, 0.717) is 29.2 Å². The van der Waals surface area contributed by atoms with Crippen LogP contribution in [0, 0.1) is 56.7 Å². The molecule has 5 aliphatic carbocycles. The highest BCUT2D eigenvalue weighted by Gasteiger charge is 2.69. The van der Waals surface area contributed by atoms with Crippen molar-refractivity contribution in [1.29, 1.82) is 0 Å². The normalized spacial score (nSPS) is 43.7. The highest BCUT2D eigenvalue weighted by atomic mass is 16.5. The predicted molar refractivity (Wildman–Crippen MR) is 175 cm³/mol. The number of esters is 1. The van der Waals surface area contributed by atoms with Gasteiger partial charge in [-0.2, -0.15) is 0 Å². The van der Waals surface area contributed by atoms with Crippen LogP contribution < -0.4 is 0 Å². The number of carboxylic acid groups (broad SMARTS) is 1. The van der Waals surface area contributed by atoms with E-state index in [-0.39, 0.29) is 51.2 Å². The van der Waals surface area contributed by atoms with Crippen LogP contribution in [-0.2, 0) is 14.3 Å². The molecular formula is C39H54O6. The molecule has 6 heteroatoms. The minimum Gasteiger partial charge on any atom is -0.504 e. The molecule has 246 valence electrons. The van der Waals surface area contributed by atoms with Crippen LogP contribution in [0.3, 0.4) is 0 Å². The van der Waals surface area contributed by atoms with Crippen molar-refractivity contribution in [3.05, 3.63) is 41.5 Å². The molecule has 5 aliphatic rings. The number of ether oxygens (including phenoxy) is 1. The lowest BCUT2D eigenvalue weighted by atomic mass is 9.33. The number of carboxylic acids is 1. The van der Waals surface area contributed by atoms with Crippen LogP contribution in [0.25, 0.3) is 6.08 Å². The minimum absolute atomic E-state index is 0.0141. The third-order valence-corrected chi connectivity index (χ3v) is 15.0. The molecule has 3 N–H and O–H groups in total. The molecule has 0 heterocycles. The van der Waals surface area contributed by atoms with E-state index in [1.165, 1.54) is 23.8 Å². The van der Waals surface area contributed by atoms with Gasteiger partial charge in [0.2, 0.25) is 0 Å². The van der Waals surface area contributed by atoms with E-state index in [4.69, 9.17) is 4.74 Å². The fourth-order valence-electron chi connectivity index (χ4n) is 12.0. The molecule has 1 aromatic rings. The number of aliphatic carboxylic acids is 1. The second-order valence-electron chi connectivity index (χ2n) is 17.0. The van der Waals surface area contributed by atoms with Crippen LogP contribution in [0.1, 0.15) is 112 Å². The van der Waals surface area contributed by atoms with Crippen LogP contribution in [0.4, 0.5) is 0 Å². The van der Waals surface area contributed by atoms with Crippen molar-refractivity contribution in [2.45, 2.75) is 112 Å². The number of phenolic OH excluding ortho intramolecular Hbond substituents is 2. The van der Waals surface area contributed by atoms with E-state index >= 15 is 0 Å². The van der Waals surface area contributed by atoms with Crippen molar-refractivity contribution in [3.8, 4) is 11.5 Å². The Kier molecular flexibility index (Phi) is 7.61. The molecule has 0 spiro atoms. The van der Waals surface area contributed by atoms with Crippen molar-refractivity contribution >= 4 is 18.0 Å². The Balaban J connectivity index is 1.26. The summed E-state index contributed by atoms with van der Waals surface area (Å²) in [5, 5.41) is 30.0. The smallest absolute Gasteiger partial charge is 0.331 e. The fraction of sp³-hybridized carbons (Fsp3) is 0.692. The Hall–Kier alpha value is -2.76. The van der Waals surface area contributed by atoms with E-state index in [1.807, 2.05) is 0 Å². The van der Waals surface area contributed by atoms with Gasteiger partial charge in [-0.3, -0.25) is 4.79 Å². The molecule has 0 aromatic heterocycles. The maximum Gasteiger partial charge on any atom is 0.331 e. The zero-order valence-corrected chi connectivity index (χ0v) is 28.4. The first-order valence-electron chi connectivity index (χ1n) is 17.4. The van der Waals surface area contributed by atoms with Gasteiger partial charge in [-0.25, -0.2) is 4.79 Å². The Labute approximate surface area is 269 Å². The van der Waals surface area contributed by atoms with E-state index in [9.17, 15) is 24.9 Å². The Morgan fingerprint density at radius 1 is 0.889 bits per heavy atom. The monoisotopic (exact) mass is 618 g/mol. The zero-order chi connectivity index (χ0) is 32.7. The predicted octanol–water partition coefficient (Wildman–Crippen LogP) is 8.77. The van der Waals surface area contributed by atoms with Gasteiger partial charge in [0.15, 0.2) is 11.5 Å². The number of aromatic hydroxyl groups is 2. The summed E-state index contributed by atoms with van der Waals surface area (Å²) in [7, 11) is 0. The van der Waals surface area contributed by atoms with Gasteiger partial charge in [-0.15, -0.1) is 0 Å². The molecule has 0 aliphatic heterocycles. The second-order valence-corrected chi connectivity index (χ2v) is 17.0. The average Bonchev–Trinajstić information content (AvgIpc) is 2.97. The van der Waals surface area contributed by atoms with Crippen molar-refractivity contribution in [2.24, 2.45) is 56.7 Å². The molecule has 0 radical (unpaired) electrons. The number of hydrogen-bond acceptors (Lipinski definition) is 5. The summed E-state index contributed by atoms with van der Waals surface area (Å²) in [6.45, 7) is 16.8. The van der Waals surface area contributed by atoms with Crippen molar-refractivity contribution in [2.75, 3.05) is 0 Å². The average molecular weight is 619 g/mol. The number of allylic oxidation sites excluding steroid dienone is 2. The number of fused-ring (bicyclic) bond motifs is 7. The van der Waals surface area contributed by atoms with E-state index in [1.54, 1.807) is 12.1 Å². The molecule has 0 unspecified atom stereocenters. The van der Waals surface area contributed by atoms with Gasteiger partial charge in [0.1, 0.15) is 6.10 Å². The number of carbonyl (C=O) groups is 2. The maximum atomic E-state index is 13.0. The van der Waals surface area contributed by atoms with Crippen molar-refractivity contribution in [3.63, 3.8) is 0 Å². The van der Waals surface area contributed by atoms with Gasteiger partial charge in [-0.05, 0) is 127 Å². The number of phenols is 2. The molecule has 1 aromatic carbocycles. The third-order valence-electron chi connectivity index (χ3n) is 15.0. The summed E-state index contributed by atoms with van der Waals surface area (Å²) in [6, 6.07) is 4.46. The summed E-state index contributed by atoms with van der Waals surface area (Å²) in [4.78, 5) is 26.0. The second kappa shape index (κ2) is 10.6. The summed E-state index contributed by atoms with van der Waals surface area (Å²) < 4.78 is 6.15. The lowest BCUT2D eigenvalue weighted by molar-refractivity contribution is -0.213. The lowest BCUT2D eigenvalue weighted by Crippen LogP contribution is -2.65. The molecule has 4 saturated carbocycles. The number of hydrogen-bond donors (Lipinski definition) is 3. The highest BCUT2D eigenvalue weighted by Crippen LogP contribution is 2.75. The van der Waals surface area contributed by atoms with Gasteiger partial charge in [-0.1, -0.05) is 66.2 Å². The molecule has 6 rings (SSSR count). The largest absolute Gasteiger partial charge is 0.504 e. The number of carbonyl (C=O) groups excluding carboxylic acids is 1. The zero-order valence-electron chi connectivity index (χ0n) is 28.4. The molecular weight excluding hydrogens is 564 g/mol. The number of benzene rings is 1. The quantitative estimate of drug-likeness (QED) is 0.135. The van der Waals surface area contributed by atoms with Crippen molar-refractivity contribution < 1.29 is 29.6 Å².